The van der Waals surface area contributed by atoms with Crippen LogP contribution in [0.2, 0.25) is 0 Å². The van der Waals surface area contributed by atoms with Gasteiger partial charge in [-0.2, -0.15) is 0 Å². The van der Waals surface area contributed by atoms with Crippen LogP contribution >= 0.6 is 0 Å². The second-order valence-electron chi connectivity index (χ2n) is 6.14. The molecule has 0 aromatic heterocycles. The first-order valence-corrected chi connectivity index (χ1v) is 8.44. The Morgan fingerprint density at radius 1 is 1.24 bits per heavy atom. The van der Waals surface area contributed by atoms with Crippen LogP contribution in [-0.4, -0.2) is 31.1 Å². The van der Waals surface area contributed by atoms with Crippen LogP contribution in [0.5, 0.6) is 0 Å². The van der Waals surface area contributed by atoms with E-state index in [9.17, 15) is 4.39 Å². The first kappa shape index (κ1) is 16.4. The van der Waals surface area contributed by atoms with E-state index in [2.05, 4.69) is 24.1 Å². The number of likely N-dealkylation sites (N-methyl/N-ethyl adjacent to an activating group) is 1. The fraction of sp³-hybridized carbons (Fsp3) is 0.667. The summed E-state index contributed by atoms with van der Waals surface area (Å²) in [6.07, 6.45) is 5.19. The fourth-order valence-electron chi connectivity index (χ4n) is 3.35. The minimum Gasteiger partial charge on any atom is -0.309 e. The molecular formula is C18H29FN2. The molecule has 1 N–H and O–H groups in total. The number of rotatable bonds is 6. The summed E-state index contributed by atoms with van der Waals surface area (Å²) < 4.78 is 14.1. The van der Waals surface area contributed by atoms with Gasteiger partial charge in [-0.15, -0.1) is 0 Å². The lowest BCUT2D eigenvalue weighted by molar-refractivity contribution is 0.246. The van der Waals surface area contributed by atoms with Crippen molar-refractivity contribution in [3.05, 3.63) is 35.6 Å². The Balaban J connectivity index is 2.01. The van der Waals surface area contributed by atoms with Crippen molar-refractivity contribution in [1.29, 1.82) is 0 Å². The predicted octanol–water partition coefficient (Wildman–Crippen LogP) is 3.99. The van der Waals surface area contributed by atoms with Crippen molar-refractivity contribution >= 4 is 0 Å². The SMILES string of the molecule is CCNC(CN1CCCC(CC)CC1)c1ccccc1F. The van der Waals surface area contributed by atoms with E-state index in [1.54, 1.807) is 12.1 Å². The predicted molar refractivity (Wildman–Crippen MR) is 86.9 cm³/mol. The van der Waals surface area contributed by atoms with Gasteiger partial charge in [-0.3, -0.25) is 0 Å². The van der Waals surface area contributed by atoms with Crippen molar-refractivity contribution in [1.82, 2.24) is 10.2 Å². The quantitative estimate of drug-likeness (QED) is 0.853. The summed E-state index contributed by atoms with van der Waals surface area (Å²) in [5.74, 6) is 0.783. The van der Waals surface area contributed by atoms with Gasteiger partial charge < -0.3 is 10.2 Å². The third kappa shape index (κ3) is 4.79. The van der Waals surface area contributed by atoms with Crippen LogP contribution in [0.15, 0.2) is 24.3 Å². The maximum absolute atomic E-state index is 14.1. The van der Waals surface area contributed by atoms with Crippen LogP contribution in [-0.2, 0) is 0 Å². The van der Waals surface area contributed by atoms with E-state index < -0.39 is 0 Å². The Morgan fingerprint density at radius 2 is 2.05 bits per heavy atom. The summed E-state index contributed by atoms with van der Waals surface area (Å²) in [5.41, 5.74) is 0.802. The van der Waals surface area contributed by atoms with Gasteiger partial charge in [0.2, 0.25) is 0 Å². The molecule has 0 amide bonds. The van der Waals surface area contributed by atoms with Crippen molar-refractivity contribution in [2.75, 3.05) is 26.2 Å². The molecule has 118 valence electrons. The lowest BCUT2D eigenvalue weighted by Crippen LogP contribution is -2.36. The topological polar surface area (TPSA) is 15.3 Å². The molecule has 1 heterocycles. The van der Waals surface area contributed by atoms with E-state index in [-0.39, 0.29) is 11.9 Å². The molecule has 3 heteroatoms. The molecule has 0 saturated carbocycles. The molecule has 1 aromatic rings. The Hall–Kier alpha value is -0.930. The minimum absolute atomic E-state index is 0.0920. The van der Waals surface area contributed by atoms with E-state index in [1.807, 2.05) is 12.1 Å². The molecule has 1 aliphatic heterocycles. The van der Waals surface area contributed by atoms with Crippen LogP contribution in [0.4, 0.5) is 4.39 Å². The van der Waals surface area contributed by atoms with Gasteiger partial charge in [0.1, 0.15) is 5.82 Å². The Labute approximate surface area is 128 Å². The lowest BCUT2D eigenvalue weighted by atomic mass is 9.98. The number of likely N-dealkylation sites (tertiary alicyclic amines) is 1. The maximum atomic E-state index is 14.1. The highest BCUT2D eigenvalue weighted by molar-refractivity contribution is 5.21. The highest BCUT2D eigenvalue weighted by atomic mass is 19.1. The summed E-state index contributed by atoms with van der Waals surface area (Å²) in [6.45, 7) is 8.45. The van der Waals surface area contributed by atoms with Gasteiger partial charge in [-0.05, 0) is 50.9 Å². The maximum Gasteiger partial charge on any atom is 0.128 e. The third-order valence-electron chi connectivity index (χ3n) is 4.69. The monoisotopic (exact) mass is 292 g/mol. The summed E-state index contributed by atoms with van der Waals surface area (Å²) in [6, 6.07) is 7.26. The number of hydrogen-bond donors (Lipinski definition) is 1. The van der Waals surface area contributed by atoms with Gasteiger partial charge in [0.05, 0.1) is 0 Å². The summed E-state index contributed by atoms with van der Waals surface area (Å²) in [5, 5.41) is 3.45. The zero-order valence-corrected chi connectivity index (χ0v) is 13.4. The molecule has 2 atom stereocenters. The molecule has 2 nitrogen and oxygen atoms in total. The summed E-state index contributed by atoms with van der Waals surface area (Å²) >= 11 is 0. The average molecular weight is 292 g/mol. The lowest BCUT2D eigenvalue weighted by Gasteiger charge is -2.27. The minimum atomic E-state index is -0.0929. The van der Waals surface area contributed by atoms with E-state index in [0.717, 1.165) is 37.7 Å². The van der Waals surface area contributed by atoms with Crippen LogP contribution in [0, 0.1) is 11.7 Å². The van der Waals surface area contributed by atoms with Crippen molar-refractivity contribution in [2.45, 2.75) is 45.6 Å². The second-order valence-corrected chi connectivity index (χ2v) is 6.14. The van der Waals surface area contributed by atoms with Gasteiger partial charge in [0, 0.05) is 18.2 Å². The van der Waals surface area contributed by atoms with E-state index in [4.69, 9.17) is 0 Å². The van der Waals surface area contributed by atoms with Crippen molar-refractivity contribution in [3.63, 3.8) is 0 Å². The van der Waals surface area contributed by atoms with Gasteiger partial charge in [-0.25, -0.2) is 4.39 Å². The van der Waals surface area contributed by atoms with Crippen molar-refractivity contribution < 1.29 is 4.39 Å². The molecule has 1 aliphatic rings. The van der Waals surface area contributed by atoms with Crippen LogP contribution in [0.1, 0.15) is 51.1 Å². The molecule has 1 aromatic carbocycles. The molecule has 2 unspecified atom stereocenters. The van der Waals surface area contributed by atoms with Crippen LogP contribution in [0.3, 0.4) is 0 Å². The summed E-state index contributed by atoms with van der Waals surface area (Å²) in [7, 11) is 0. The first-order valence-electron chi connectivity index (χ1n) is 8.44. The Kier molecular flexibility index (Phi) is 6.65. The molecule has 0 bridgehead atoms. The zero-order chi connectivity index (χ0) is 15.1. The molecule has 1 fully saturated rings. The number of benzene rings is 1. The number of nitrogens with one attached hydrogen (secondary N) is 1. The van der Waals surface area contributed by atoms with Gasteiger partial charge >= 0.3 is 0 Å². The highest BCUT2D eigenvalue weighted by Gasteiger charge is 2.21. The molecule has 1 saturated heterocycles. The van der Waals surface area contributed by atoms with Crippen molar-refractivity contribution in [2.24, 2.45) is 5.92 Å². The molecule has 0 aliphatic carbocycles. The number of nitrogens with zero attached hydrogens (tertiary/aromatic N) is 1. The largest absolute Gasteiger partial charge is 0.309 e. The summed E-state index contributed by atoms with van der Waals surface area (Å²) in [4.78, 5) is 2.51. The van der Waals surface area contributed by atoms with Crippen LogP contribution < -0.4 is 5.32 Å². The Bertz CT molecular complexity index is 421. The second kappa shape index (κ2) is 8.50. The van der Waals surface area contributed by atoms with Gasteiger partial charge in [0.25, 0.3) is 0 Å². The molecule has 0 radical (unpaired) electrons. The fourth-order valence-corrected chi connectivity index (χ4v) is 3.35. The first-order chi connectivity index (χ1) is 10.2. The van der Waals surface area contributed by atoms with E-state index in [1.165, 1.54) is 25.7 Å². The van der Waals surface area contributed by atoms with E-state index in [0.29, 0.717) is 0 Å². The standard InChI is InChI=1S/C18H29FN2/c1-3-15-8-7-12-21(13-11-15)14-18(20-4-2)16-9-5-6-10-17(16)19/h5-6,9-10,15,18,20H,3-4,7-8,11-14H2,1-2H3. The van der Waals surface area contributed by atoms with Crippen LogP contribution in [0.25, 0.3) is 0 Å². The number of hydrogen-bond acceptors (Lipinski definition) is 2. The zero-order valence-electron chi connectivity index (χ0n) is 13.4. The Morgan fingerprint density at radius 3 is 2.76 bits per heavy atom. The molecule has 21 heavy (non-hydrogen) atoms. The molecule has 0 spiro atoms. The van der Waals surface area contributed by atoms with Gasteiger partial charge in [0.15, 0.2) is 0 Å². The normalized spacial score (nSPS) is 22.0. The number of halogens is 1. The van der Waals surface area contributed by atoms with Gasteiger partial charge in [-0.1, -0.05) is 38.5 Å². The molecular weight excluding hydrogens is 263 g/mol. The molecule has 2 rings (SSSR count). The van der Waals surface area contributed by atoms with E-state index >= 15 is 0 Å². The highest BCUT2D eigenvalue weighted by Crippen LogP contribution is 2.23. The smallest absolute Gasteiger partial charge is 0.128 e. The average Bonchev–Trinajstić information content (AvgIpc) is 2.72. The third-order valence-corrected chi connectivity index (χ3v) is 4.69. The van der Waals surface area contributed by atoms with Crippen molar-refractivity contribution in [3.8, 4) is 0 Å².